The molecule has 7 heteroatoms. The molecule has 2 saturated heterocycles. The SMILES string of the molecule is CCCS(=O)(=O)N1CCCC1C(=O)N1CC(O)(C(C)C)C1. The van der Waals surface area contributed by atoms with Crippen LogP contribution in [-0.2, 0) is 14.8 Å². The quantitative estimate of drug-likeness (QED) is 0.797. The fourth-order valence-electron chi connectivity index (χ4n) is 3.04. The highest BCUT2D eigenvalue weighted by molar-refractivity contribution is 7.89. The summed E-state index contributed by atoms with van der Waals surface area (Å²) in [5.41, 5.74) is -0.818. The van der Waals surface area contributed by atoms with Crippen LogP contribution in [0.1, 0.15) is 40.0 Å². The van der Waals surface area contributed by atoms with Gasteiger partial charge in [0, 0.05) is 6.54 Å². The molecule has 2 aliphatic rings. The van der Waals surface area contributed by atoms with Gasteiger partial charge in [0.25, 0.3) is 0 Å². The van der Waals surface area contributed by atoms with E-state index < -0.39 is 21.7 Å². The van der Waals surface area contributed by atoms with Crippen LogP contribution in [0.3, 0.4) is 0 Å². The summed E-state index contributed by atoms with van der Waals surface area (Å²) in [6, 6.07) is -0.571. The van der Waals surface area contributed by atoms with Crippen molar-refractivity contribution in [3.63, 3.8) is 0 Å². The summed E-state index contributed by atoms with van der Waals surface area (Å²) < 4.78 is 25.8. The maximum atomic E-state index is 12.5. The number of rotatable bonds is 5. The van der Waals surface area contributed by atoms with Gasteiger partial charge in [-0.15, -0.1) is 0 Å². The van der Waals surface area contributed by atoms with Crippen molar-refractivity contribution in [3.05, 3.63) is 0 Å². The lowest BCUT2D eigenvalue weighted by molar-refractivity contribution is -0.166. The fraction of sp³-hybridized carbons (Fsp3) is 0.929. The minimum absolute atomic E-state index is 0.0880. The van der Waals surface area contributed by atoms with Gasteiger partial charge in [-0.05, 0) is 25.2 Å². The molecule has 0 aromatic rings. The number of nitrogens with zero attached hydrogens (tertiary/aromatic N) is 2. The second-order valence-corrected chi connectivity index (χ2v) is 8.58. The lowest BCUT2D eigenvalue weighted by atomic mass is 9.82. The summed E-state index contributed by atoms with van der Waals surface area (Å²) >= 11 is 0. The third kappa shape index (κ3) is 3.10. The van der Waals surface area contributed by atoms with Crippen LogP contribution < -0.4 is 0 Å². The summed E-state index contributed by atoms with van der Waals surface area (Å²) in [6.45, 7) is 6.72. The van der Waals surface area contributed by atoms with Gasteiger partial charge in [-0.1, -0.05) is 20.8 Å². The zero-order valence-corrected chi connectivity index (χ0v) is 13.9. The Labute approximate surface area is 127 Å². The number of likely N-dealkylation sites (tertiary alicyclic amines) is 1. The molecule has 1 atom stereocenters. The van der Waals surface area contributed by atoms with E-state index in [1.54, 1.807) is 4.90 Å². The molecule has 1 N–H and O–H groups in total. The molecule has 2 heterocycles. The van der Waals surface area contributed by atoms with E-state index in [2.05, 4.69) is 0 Å². The van der Waals surface area contributed by atoms with E-state index in [4.69, 9.17) is 0 Å². The molecule has 21 heavy (non-hydrogen) atoms. The third-order valence-electron chi connectivity index (χ3n) is 4.62. The molecule has 122 valence electrons. The average molecular weight is 318 g/mol. The summed E-state index contributed by atoms with van der Waals surface area (Å²) in [7, 11) is -3.34. The molecule has 2 fully saturated rings. The molecule has 0 bridgehead atoms. The molecule has 0 saturated carbocycles. The molecule has 0 radical (unpaired) electrons. The highest BCUT2D eigenvalue weighted by Crippen LogP contribution is 2.32. The van der Waals surface area contributed by atoms with Gasteiger partial charge in [0.2, 0.25) is 15.9 Å². The Morgan fingerprint density at radius 1 is 1.38 bits per heavy atom. The highest BCUT2D eigenvalue weighted by Gasteiger charge is 2.49. The molecule has 1 amide bonds. The van der Waals surface area contributed by atoms with E-state index >= 15 is 0 Å². The molecule has 1 unspecified atom stereocenters. The van der Waals surface area contributed by atoms with Gasteiger partial charge in [-0.2, -0.15) is 4.31 Å². The number of carbonyl (C=O) groups is 1. The number of aliphatic hydroxyl groups is 1. The Morgan fingerprint density at radius 3 is 2.52 bits per heavy atom. The Hall–Kier alpha value is -0.660. The van der Waals surface area contributed by atoms with Gasteiger partial charge in [0.15, 0.2) is 0 Å². The van der Waals surface area contributed by atoms with Gasteiger partial charge < -0.3 is 10.0 Å². The predicted octanol–water partition coefficient (Wildman–Crippen LogP) is 0.420. The molecular weight excluding hydrogens is 292 g/mol. The van der Waals surface area contributed by atoms with Gasteiger partial charge in [-0.3, -0.25) is 4.79 Å². The molecule has 6 nitrogen and oxygen atoms in total. The molecule has 0 aromatic carbocycles. The second kappa shape index (κ2) is 5.85. The Bertz CT molecular complexity index is 497. The van der Waals surface area contributed by atoms with Gasteiger partial charge in [0.05, 0.1) is 18.8 Å². The Balaban J connectivity index is 2.03. The zero-order chi connectivity index (χ0) is 15.8. The Morgan fingerprint density at radius 2 is 2.00 bits per heavy atom. The van der Waals surface area contributed by atoms with Crippen LogP contribution in [0.2, 0.25) is 0 Å². The maximum Gasteiger partial charge on any atom is 0.241 e. The van der Waals surface area contributed by atoms with Crippen molar-refractivity contribution in [1.29, 1.82) is 0 Å². The lowest BCUT2D eigenvalue weighted by Gasteiger charge is -2.50. The fourth-order valence-corrected chi connectivity index (χ4v) is 4.78. The molecule has 2 aliphatic heterocycles. The van der Waals surface area contributed by atoms with E-state index in [-0.39, 0.29) is 17.6 Å². The molecular formula is C14H26N2O4S. The van der Waals surface area contributed by atoms with Crippen molar-refractivity contribution >= 4 is 15.9 Å². The second-order valence-electron chi connectivity index (χ2n) is 6.54. The van der Waals surface area contributed by atoms with Crippen molar-refractivity contribution in [3.8, 4) is 0 Å². The number of carbonyl (C=O) groups excluding carboxylic acids is 1. The first-order valence-corrected chi connectivity index (χ1v) is 9.33. The van der Waals surface area contributed by atoms with Crippen LogP contribution in [0.15, 0.2) is 0 Å². The van der Waals surface area contributed by atoms with Gasteiger partial charge in [-0.25, -0.2) is 8.42 Å². The van der Waals surface area contributed by atoms with E-state index in [0.717, 1.165) is 6.42 Å². The normalized spacial score (nSPS) is 26.1. The minimum atomic E-state index is -3.34. The smallest absolute Gasteiger partial charge is 0.241 e. The van der Waals surface area contributed by atoms with Crippen molar-refractivity contribution in [2.75, 3.05) is 25.4 Å². The van der Waals surface area contributed by atoms with Crippen LogP contribution in [0.5, 0.6) is 0 Å². The number of sulfonamides is 1. The van der Waals surface area contributed by atoms with Crippen LogP contribution in [-0.4, -0.2) is 65.7 Å². The largest absolute Gasteiger partial charge is 0.386 e. The third-order valence-corrected chi connectivity index (χ3v) is 6.70. The van der Waals surface area contributed by atoms with E-state index in [9.17, 15) is 18.3 Å². The lowest BCUT2D eigenvalue weighted by Crippen LogP contribution is -2.68. The molecule has 2 rings (SSSR count). The van der Waals surface area contributed by atoms with Crippen LogP contribution in [0.4, 0.5) is 0 Å². The topological polar surface area (TPSA) is 77.9 Å². The zero-order valence-electron chi connectivity index (χ0n) is 13.1. The summed E-state index contributed by atoms with van der Waals surface area (Å²) in [4.78, 5) is 14.1. The van der Waals surface area contributed by atoms with Gasteiger partial charge in [0.1, 0.15) is 11.6 Å². The first kappa shape index (κ1) is 16.7. The van der Waals surface area contributed by atoms with E-state index in [0.29, 0.717) is 32.5 Å². The van der Waals surface area contributed by atoms with Gasteiger partial charge >= 0.3 is 0 Å². The average Bonchev–Trinajstić information content (AvgIpc) is 2.83. The van der Waals surface area contributed by atoms with Crippen LogP contribution in [0, 0.1) is 5.92 Å². The standard InChI is InChI=1S/C14H26N2O4S/c1-4-8-21(19,20)16-7-5-6-12(16)13(17)15-9-14(18,10-15)11(2)3/h11-12,18H,4-10H2,1-3H3. The number of amides is 1. The van der Waals surface area contributed by atoms with Crippen molar-refractivity contribution in [2.24, 2.45) is 5.92 Å². The van der Waals surface area contributed by atoms with Crippen LogP contribution >= 0.6 is 0 Å². The van der Waals surface area contributed by atoms with Crippen molar-refractivity contribution < 1.29 is 18.3 Å². The first-order valence-electron chi connectivity index (χ1n) is 7.72. The minimum Gasteiger partial charge on any atom is -0.386 e. The van der Waals surface area contributed by atoms with Crippen molar-refractivity contribution in [1.82, 2.24) is 9.21 Å². The number of hydrogen-bond acceptors (Lipinski definition) is 4. The highest BCUT2D eigenvalue weighted by atomic mass is 32.2. The molecule has 0 aromatic heterocycles. The van der Waals surface area contributed by atoms with Crippen LogP contribution in [0.25, 0.3) is 0 Å². The monoisotopic (exact) mass is 318 g/mol. The summed E-state index contributed by atoms with van der Waals surface area (Å²) in [6.07, 6.45) is 1.86. The van der Waals surface area contributed by atoms with Crippen molar-refractivity contribution in [2.45, 2.75) is 51.7 Å². The summed E-state index contributed by atoms with van der Waals surface area (Å²) in [5.74, 6) is 0.0229. The predicted molar refractivity (Wildman–Crippen MR) is 80.2 cm³/mol. The Kier molecular flexibility index (Phi) is 4.66. The van der Waals surface area contributed by atoms with E-state index in [1.165, 1.54) is 4.31 Å². The maximum absolute atomic E-state index is 12.5. The first-order chi connectivity index (χ1) is 9.71. The molecule has 0 spiro atoms. The summed E-state index contributed by atoms with van der Waals surface area (Å²) in [5, 5.41) is 10.2. The molecule has 0 aliphatic carbocycles. The number of β-amino-alcohol motifs (C(OH)–C–C–N with tert-alkyl or cyclic N) is 1. The number of hydrogen-bond donors (Lipinski definition) is 1. The van der Waals surface area contributed by atoms with E-state index in [1.807, 2.05) is 20.8 Å².